The maximum absolute atomic E-state index is 13.4. The van der Waals surface area contributed by atoms with Gasteiger partial charge < -0.3 is 10.6 Å². The van der Waals surface area contributed by atoms with Crippen molar-refractivity contribution >= 4 is 29.3 Å². The largest absolute Gasteiger partial charge is 0.326 e. The van der Waals surface area contributed by atoms with E-state index in [-0.39, 0.29) is 17.6 Å². The molecule has 0 aliphatic heterocycles. The predicted molar refractivity (Wildman–Crippen MR) is 89.5 cm³/mol. The first-order valence-electron chi connectivity index (χ1n) is 7.07. The Labute approximate surface area is 134 Å². The Balaban J connectivity index is 1.97. The minimum Gasteiger partial charge on any atom is -0.326 e. The molecule has 5 heteroatoms. The third-order valence-corrected chi connectivity index (χ3v) is 3.10. The number of anilines is 2. The summed E-state index contributed by atoms with van der Waals surface area (Å²) in [5.74, 6) is -0.850. The van der Waals surface area contributed by atoms with E-state index in [9.17, 15) is 14.0 Å². The van der Waals surface area contributed by atoms with Crippen LogP contribution in [0.2, 0.25) is 0 Å². The smallest absolute Gasteiger partial charge is 0.248 e. The molecule has 4 nitrogen and oxygen atoms in total. The second kappa shape index (κ2) is 7.35. The van der Waals surface area contributed by atoms with Crippen LogP contribution < -0.4 is 10.6 Å². The van der Waals surface area contributed by atoms with Crippen LogP contribution in [0.3, 0.4) is 0 Å². The summed E-state index contributed by atoms with van der Waals surface area (Å²) in [7, 11) is 0. The molecule has 0 atom stereocenters. The van der Waals surface area contributed by atoms with E-state index in [2.05, 4.69) is 10.6 Å². The van der Waals surface area contributed by atoms with Gasteiger partial charge in [-0.2, -0.15) is 0 Å². The highest BCUT2D eigenvalue weighted by Gasteiger charge is 2.02. The van der Waals surface area contributed by atoms with E-state index in [1.54, 1.807) is 49.4 Å². The van der Waals surface area contributed by atoms with E-state index in [0.717, 1.165) is 5.56 Å². The minimum absolute atomic E-state index is 0.141. The summed E-state index contributed by atoms with van der Waals surface area (Å²) in [6.45, 7) is 3.09. The van der Waals surface area contributed by atoms with Gasteiger partial charge in [0.25, 0.3) is 0 Å². The summed E-state index contributed by atoms with van der Waals surface area (Å²) >= 11 is 0. The Morgan fingerprint density at radius 3 is 2.26 bits per heavy atom. The van der Waals surface area contributed by atoms with Gasteiger partial charge in [0.15, 0.2) is 0 Å². The lowest BCUT2D eigenvalue weighted by molar-refractivity contribution is -0.114. The number of rotatable bonds is 4. The number of aryl methyl sites for hydroxylation is 1. The van der Waals surface area contributed by atoms with Crippen molar-refractivity contribution in [2.24, 2.45) is 0 Å². The van der Waals surface area contributed by atoms with Gasteiger partial charge in [0.1, 0.15) is 5.82 Å². The number of carbonyl (C=O) groups is 2. The number of hydrogen-bond donors (Lipinski definition) is 2. The zero-order valence-electron chi connectivity index (χ0n) is 12.9. The number of amides is 2. The van der Waals surface area contributed by atoms with Gasteiger partial charge in [-0.1, -0.05) is 18.2 Å². The minimum atomic E-state index is -0.361. The fraction of sp³-hybridized carbons (Fsp3) is 0.111. The third-order valence-electron chi connectivity index (χ3n) is 3.10. The zero-order valence-corrected chi connectivity index (χ0v) is 12.9. The molecule has 0 saturated heterocycles. The van der Waals surface area contributed by atoms with E-state index in [0.29, 0.717) is 16.9 Å². The highest BCUT2D eigenvalue weighted by Crippen LogP contribution is 2.14. The lowest BCUT2D eigenvalue weighted by Gasteiger charge is -2.04. The Morgan fingerprint density at radius 2 is 1.65 bits per heavy atom. The normalized spacial score (nSPS) is 10.6. The van der Waals surface area contributed by atoms with Gasteiger partial charge in [0.05, 0.1) is 0 Å². The molecule has 0 bridgehead atoms. The molecular weight excluding hydrogens is 295 g/mol. The first-order valence-corrected chi connectivity index (χ1v) is 7.07. The number of carbonyl (C=O) groups excluding carboxylic acids is 2. The molecule has 2 N–H and O–H groups in total. The molecule has 23 heavy (non-hydrogen) atoms. The molecule has 0 aliphatic rings. The second-order valence-electron chi connectivity index (χ2n) is 5.09. The van der Waals surface area contributed by atoms with Crippen LogP contribution in [0.15, 0.2) is 48.5 Å². The Morgan fingerprint density at radius 1 is 1.00 bits per heavy atom. The SMILES string of the molecule is CC(=O)Nc1ccc(/C=C/C(=O)Nc2ccc(C)c(F)c2)cc1. The van der Waals surface area contributed by atoms with Crippen LogP contribution in [0.1, 0.15) is 18.1 Å². The average molecular weight is 312 g/mol. The third kappa shape index (κ3) is 5.07. The molecule has 0 radical (unpaired) electrons. The quantitative estimate of drug-likeness (QED) is 0.845. The number of benzene rings is 2. The zero-order chi connectivity index (χ0) is 16.8. The monoisotopic (exact) mass is 312 g/mol. The Hall–Kier alpha value is -2.95. The van der Waals surface area contributed by atoms with Crippen molar-refractivity contribution in [1.29, 1.82) is 0 Å². The highest BCUT2D eigenvalue weighted by atomic mass is 19.1. The predicted octanol–water partition coefficient (Wildman–Crippen LogP) is 3.74. The topological polar surface area (TPSA) is 58.2 Å². The molecule has 0 saturated carbocycles. The first-order chi connectivity index (χ1) is 10.9. The summed E-state index contributed by atoms with van der Waals surface area (Å²) < 4.78 is 13.4. The van der Waals surface area contributed by atoms with Crippen molar-refractivity contribution in [3.63, 3.8) is 0 Å². The van der Waals surface area contributed by atoms with Crippen LogP contribution in [0, 0.1) is 12.7 Å². The number of halogens is 1. The maximum atomic E-state index is 13.4. The van der Waals surface area contributed by atoms with Crippen LogP contribution in [-0.4, -0.2) is 11.8 Å². The van der Waals surface area contributed by atoms with Crippen molar-refractivity contribution in [2.75, 3.05) is 10.6 Å². The van der Waals surface area contributed by atoms with Crippen molar-refractivity contribution < 1.29 is 14.0 Å². The van der Waals surface area contributed by atoms with Crippen LogP contribution in [-0.2, 0) is 9.59 Å². The summed E-state index contributed by atoms with van der Waals surface area (Å²) in [5, 5.41) is 5.26. The molecule has 2 aromatic carbocycles. The van der Waals surface area contributed by atoms with E-state index in [1.165, 1.54) is 19.1 Å². The molecule has 2 rings (SSSR count). The van der Waals surface area contributed by atoms with E-state index < -0.39 is 0 Å². The van der Waals surface area contributed by atoms with Crippen molar-refractivity contribution in [3.8, 4) is 0 Å². The average Bonchev–Trinajstić information content (AvgIpc) is 2.50. The van der Waals surface area contributed by atoms with Crippen LogP contribution >= 0.6 is 0 Å². The Kier molecular flexibility index (Phi) is 5.25. The fourth-order valence-electron chi connectivity index (χ4n) is 1.91. The molecule has 2 amide bonds. The molecule has 2 aromatic rings. The van der Waals surface area contributed by atoms with Crippen molar-refractivity contribution in [2.45, 2.75) is 13.8 Å². The van der Waals surface area contributed by atoms with Crippen molar-refractivity contribution in [1.82, 2.24) is 0 Å². The molecule has 0 unspecified atom stereocenters. The summed E-state index contributed by atoms with van der Waals surface area (Å²) in [6, 6.07) is 11.6. The van der Waals surface area contributed by atoms with Crippen molar-refractivity contribution in [3.05, 3.63) is 65.5 Å². The standard InChI is InChI=1S/C18H17FN2O2/c1-12-3-7-16(11-17(12)19)21-18(23)10-6-14-4-8-15(9-5-14)20-13(2)22/h3-11H,1-2H3,(H,20,22)(H,21,23)/b10-6+. The molecule has 0 heterocycles. The van der Waals surface area contributed by atoms with Crippen LogP contribution in [0.4, 0.5) is 15.8 Å². The summed E-state index contributed by atoms with van der Waals surface area (Å²) in [6.07, 6.45) is 3.00. The number of nitrogens with one attached hydrogen (secondary N) is 2. The lowest BCUT2D eigenvalue weighted by atomic mass is 10.2. The highest BCUT2D eigenvalue weighted by molar-refractivity contribution is 6.02. The Bertz CT molecular complexity index is 752. The number of hydrogen-bond acceptors (Lipinski definition) is 2. The van der Waals surface area contributed by atoms with Gasteiger partial charge in [-0.3, -0.25) is 9.59 Å². The first kappa shape index (κ1) is 16.4. The second-order valence-corrected chi connectivity index (χ2v) is 5.09. The van der Waals surface area contributed by atoms with Crippen LogP contribution in [0.25, 0.3) is 6.08 Å². The van der Waals surface area contributed by atoms with Gasteiger partial charge in [-0.25, -0.2) is 4.39 Å². The lowest BCUT2D eigenvalue weighted by Crippen LogP contribution is -2.08. The molecule has 0 spiro atoms. The summed E-state index contributed by atoms with van der Waals surface area (Å²) in [5.41, 5.74) is 2.43. The fourth-order valence-corrected chi connectivity index (χ4v) is 1.91. The molecular formula is C18H17FN2O2. The van der Waals surface area contributed by atoms with Gasteiger partial charge >= 0.3 is 0 Å². The van der Waals surface area contributed by atoms with Gasteiger partial charge in [-0.05, 0) is 48.4 Å². The molecule has 0 aromatic heterocycles. The van der Waals surface area contributed by atoms with Gasteiger partial charge in [0, 0.05) is 24.4 Å². The van der Waals surface area contributed by atoms with E-state index >= 15 is 0 Å². The van der Waals surface area contributed by atoms with E-state index in [1.807, 2.05) is 0 Å². The van der Waals surface area contributed by atoms with Gasteiger partial charge in [-0.15, -0.1) is 0 Å². The van der Waals surface area contributed by atoms with Gasteiger partial charge in [0.2, 0.25) is 11.8 Å². The van der Waals surface area contributed by atoms with E-state index in [4.69, 9.17) is 0 Å². The molecule has 0 aliphatic carbocycles. The summed E-state index contributed by atoms with van der Waals surface area (Å²) in [4.78, 5) is 22.7. The van der Waals surface area contributed by atoms with Crippen LogP contribution in [0.5, 0.6) is 0 Å². The molecule has 118 valence electrons. The maximum Gasteiger partial charge on any atom is 0.248 e. The molecule has 0 fully saturated rings.